The van der Waals surface area contributed by atoms with Crippen molar-refractivity contribution in [3.63, 3.8) is 0 Å². The molecule has 0 aromatic carbocycles. The van der Waals surface area contributed by atoms with Crippen molar-refractivity contribution in [1.29, 1.82) is 0 Å². The molecule has 0 bridgehead atoms. The lowest BCUT2D eigenvalue weighted by molar-refractivity contribution is 0.785. The summed E-state index contributed by atoms with van der Waals surface area (Å²) >= 11 is 1.63. The summed E-state index contributed by atoms with van der Waals surface area (Å²) < 4.78 is 0. The van der Waals surface area contributed by atoms with Crippen LogP contribution in [0.3, 0.4) is 0 Å². The molecule has 0 fully saturated rings. The first kappa shape index (κ1) is 13.0. The van der Waals surface area contributed by atoms with E-state index in [9.17, 15) is 0 Å². The van der Waals surface area contributed by atoms with Gasteiger partial charge in [-0.3, -0.25) is 0 Å². The fraction of sp³-hybridized carbons (Fsp3) is 0.700. The first-order valence-electron chi connectivity index (χ1n) is 5.56. The Labute approximate surface area is 101 Å². The van der Waals surface area contributed by atoms with Gasteiger partial charge in [0.1, 0.15) is 0 Å². The molecule has 0 saturated carbocycles. The van der Waals surface area contributed by atoms with Gasteiger partial charge in [0.15, 0.2) is 5.16 Å². The van der Waals surface area contributed by atoms with E-state index in [0.29, 0.717) is 5.95 Å². The van der Waals surface area contributed by atoms with Gasteiger partial charge in [0.25, 0.3) is 0 Å². The highest BCUT2D eigenvalue weighted by molar-refractivity contribution is 7.99. The van der Waals surface area contributed by atoms with Crippen LogP contribution in [0.2, 0.25) is 0 Å². The molecule has 1 aromatic heterocycles. The average Bonchev–Trinajstić information content (AvgIpc) is 2.31. The molecule has 0 radical (unpaired) electrons. The minimum Gasteiger partial charge on any atom is -0.357 e. The van der Waals surface area contributed by atoms with Crippen LogP contribution in [-0.4, -0.2) is 40.8 Å². The zero-order valence-electron chi connectivity index (χ0n) is 10.3. The van der Waals surface area contributed by atoms with E-state index in [0.717, 1.165) is 29.9 Å². The fourth-order valence-electron chi connectivity index (χ4n) is 1.30. The molecule has 0 amide bonds. The number of nitrogens with one attached hydrogen (secondary N) is 1. The summed E-state index contributed by atoms with van der Waals surface area (Å²) in [7, 11) is 1.82. The predicted octanol–water partition coefficient (Wildman–Crippen LogP) is 1.87. The summed E-state index contributed by atoms with van der Waals surface area (Å²) in [5.41, 5.74) is 0. The number of rotatable bonds is 6. The van der Waals surface area contributed by atoms with Crippen LogP contribution in [-0.2, 0) is 0 Å². The molecule has 1 N–H and O–H groups in total. The maximum atomic E-state index is 4.44. The summed E-state index contributed by atoms with van der Waals surface area (Å²) in [4.78, 5) is 15.2. The Morgan fingerprint density at radius 1 is 1.12 bits per heavy atom. The molecule has 16 heavy (non-hydrogen) atoms. The molecule has 0 saturated heterocycles. The van der Waals surface area contributed by atoms with Crippen molar-refractivity contribution < 1.29 is 0 Å². The third-order valence-electron chi connectivity index (χ3n) is 2.15. The number of aromatic nitrogens is 3. The number of hydrogen-bond donors (Lipinski definition) is 1. The molecule has 1 rings (SSSR count). The van der Waals surface area contributed by atoms with E-state index in [1.165, 1.54) is 0 Å². The molecule has 0 aliphatic carbocycles. The second-order valence-corrected chi connectivity index (χ2v) is 4.33. The van der Waals surface area contributed by atoms with Gasteiger partial charge in [-0.1, -0.05) is 18.7 Å². The minimum atomic E-state index is 0.632. The highest BCUT2D eigenvalue weighted by Gasteiger charge is 2.10. The van der Waals surface area contributed by atoms with Crippen LogP contribution in [0.15, 0.2) is 5.16 Å². The van der Waals surface area contributed by atoms with Crippen molar-refractivity contribution >= 4 is 23.7 Å². The van der Waals surface area contributed by atoms with Crippen LogP contribution in [0.4, 0.5) is 11.9 Å². The summed E-state index contributed by atoms with van der Waals surface area (Å²) in [6.45, 7) is 8.09. The number of thioether (sulfide) groups is 1. The first-order chi connectivity index (χ1) is 7.74. The molecular formula is C10H19N5S. The molecular weight excluding hydrogens is 222 g/mol. The van der Waals surface area contributed by atoms with Crippen molar-refractivity contribution in [1.82, 2.24) is 15.0 Å². The van der Waals surface area contributed by atoms with E-state index < -0.39 is 0 Å². The van der Waals surface area contributed by atoms with Crippen LogP contribution in [0.1, 0.15) is 20.8 Å². The molecule has 0 spiro atoms. The Hall–Kier alpha value is -1.04. The molecule has 0 aliphatic rings. The van der Waals surface area contributed by atoms with E-state index >= 15 is 0 Å². The van der Waals surface area contributed by atoms with E-state index in [1.807, 2.05) is 7.05 Å². The smallest absolute Gasteiger partial charge is 0.231 e. The van der Waals surface area contributed by atoms with Crippen LogP contribution in [0.5, 0.6) is 0 Å². The van der Waals surface area contributed by atoms with E-state index in [1.54, 1.807) is 11.8 Å². The van der Waals surface area contributed by atoms with Gasteiger partial charge in [-0.15, -0.1) is 0 Å². The first-order valence-corrected chi connectivity index (χ1v) is 6.55. The lowest BCUT2D eigenvalue weighted by Gasteiger charge is -2.19. The maximum Gasteiger partial charge on any atom is 0.231 e. The summed E-state index contributed by atoms with van der Waals surface area (Å²) in [6.07, 6.45) is 0. The Bertz CT molecular complexity index is 327. The molecule has 0 aliphatic heterocycles. The van der Waals surface area contributed by atoms with Crippen LogP contribution < -0.4 is 10.2 Å². The highest BCUT2D eigenvalue weighted by atomic mass is 32.2. The maximum absolute atomic E-state index is 4.44. The average molecular weight is 241 g/mol. The van der Waals surface area contributed by atoms with Crippen LogP contribution >= 0.6 is 11.8 Å². The van der Waals surface area contributed by atoms with E-state index in [4.69, 9.17) is 0 Å². The zero-order chi connectivity index (χ0) is 12.0. The Morgan fingerprint density at radius 2 is 1.81 bits per heavy atom. The number of hydrogen-bond acceptors (Lipinski definition) is 6. The Balaban J connectivity index is 3.02. The Morgan fingerprint density at radius 3 is 2.31 bits per heavy atom. The van der Waals surface area contributed by atoms with Crippen molar-refractivity contribution in [3.05, 3.63) is 0 Å². The van der Waals surface area contributed by atoms with Crippen molar-refractivity contribution in [2.75, 3.05) is 36.1 Å². The molecule has 1 heterocycles. The molecule has 90 valence electrons. The predicted molar refractivity (Wildman–Crippen MR) is 69.3 cm³/mol. The monoisotopic (exact) mass is 241 g/mol. The second kappa shape index (κ2) is 6.52. The van der Waals surface area contributed by atoms with Gasteiger partial charge in [0, 0.05) is 20.1 Å². The molecule has 1 aromatic rings. The van der Waals surface area contributed by atoms with E-state index in [-0.39, 0.29) is 0 Å². The van der Waals surface area contributed by atoms with Gasteiger partial charge in [0.05, 0.1) is 0 Å². The van der Waals surface area contributed by atoms with Crippen molar-refractivity contribution in [2.45, 2.75) is 25.9 Å². The van der Waals surface area contributed by atoms with Crippen molar-refractivity contribution in [2.24, 2.45) is 0 Å². The molecule has 6 heteroatoms. The lowest BCUT2D eigenvalue weighted by Crippen LogP contribution is -2.25. The largest absolute Gasteiger partial charge is 0.357 e. The fourth-order valence-corrected chi connectivity index (χ4v) is 1.85. The van der Waals surface area contributed by atoms with Crippen LogP contribution in [0, 0.1) is 0 Å². The van der Waals surface area contributed by atoms with Gasteiger partial charge < -0.3 is 10.2 Å². The third-order valence-corrected chi connectivity index (χ3v) is 2.88. The topological polar surface area (TPSA) is 53.9 Å². The van der Waals surface area contributed by atoms with Gasteiger partial charge in [-0.2, -0.15) is 15.0 Å². The summed E-state index contributed by atoms with van der Waals surface area (Å²) in [5.74, 6) is 2.35. The number of nitrogens with zero attached hydrogens (tertiary/aromatic N) is 4. The highest BCUT2D eigenvalue weighted by Crippen LogP contribution is 2.17. The third kappa shape index (κ3) is 3.23. The Kier molecular flexibility index (Phi) is 5.31. The van der Waals surface area contributed by atoms with Gasteiger partial charge in [-0.05, 0) is 19.6 Å². The SMILES string of the molecule is CCSc1nc(NC)nc(N(CC)CC)n1. The molecule has 0 unspecified atom stereocenters. The summed E-state index contributed by atoms with van der Waals surface area (Å²) in [6, 6.07) is 0. The van der Waals surface area contributed by atoms with Crippen molar-refractivity contribution in [3.8, 4) is 0 Å². The van der Waals surface area contributed by atoms with Gasteiger partial charge in [0.2, 0.25) is 11.9 Å². The summed E-state index contributed by atoms with van der Waals surface area (Å²) in [5, 5.41) is 3.75. The lowest BCUT2D eigenvalue weighted by atomic mass is 10.5. The standard InChI is InChI=1S/C10H19N5S/c1-5-15(6-2)9-12-8(11-4)13-10(14-9)16-7-3/h5-7H2,1-4H3,(H,11,12,13,14). The van der Waals surface area contributed by atoms with E-state index in [2.05, 4.69) is 45.9 Å². The second-order valence-electron chi connectivity index (χ2n) is 3.10. The molecule has 0 atom stereocenters. The van der Waals surface area contributed by atoms with Gasteiger partial charge >= 0.3 is 0 Å². The van der Waals surface area contributed by atoms with Crippen LogP contribution in [0.25, 0.3) is 0 Å². The normalized spacial score (nSPS) is 10.2. The van der Waals surface area contributed by atoms with Gasteiger partial charge in [-0.25, -0.2) is 0 Å². The zero-order valence-corrected chi connectivity index (χ0v) is 11.1. The molecule has 5 nitrogen and oxygen atoms in total. The minimum absolute atomic E-state index is 0.632. The quantitative estimate of drug-likeness (QED) is 0.767. The number of anilines is 2.